The molecule has 2 N–H and O–H groups in total. The molecule has 3 unspecified atom stereocenters. The van der Waals surface area contributed by atoms with Crippen LogP contribution >= 0.6 is 11.3 Å². The van der Waals surface area contributed by atoms with Crippen molar-refractivity contribution in [3.05, 3.63) is 21.9 Å². The fraction of sp³-hybridized carbons (Fsp3) is 0.688. The van der Waals surface area contributed by atoms with Crippen LogP contribution in [-0.4, -0.2) is 36.1 Å². The highest BCUT2D eigenvalue weighted by Gasteiger charge is 2.71. The van der Waals surface area contributed by atoms with Crippen molar-refractivity contribution in [1.29, 1.82) is 0 Å². The predicted octanol–water partition coefficient (Wildman–Crippen LogP) is 2.16. The maximum Gasteiger partial charge on any atom is 0.243 e. The van der Waals surface area contributed by atoms with Gasteiger partial charge in [-0.1, -0.05) is 13.8 Å². The summed E-state index contributed by atoms with van der Waals surface area (Å²) in [7, 11) is 1.86. The number of fused-ring (bicyclic) bond motifs is 1. The third-order valence-corrected chi connectivity index (χ3v) is 6.51. The molecule has 1 saturated heterocycles. The van der Waals surface area contributed by atoms with E-state index in [1.807, 2.05) is 7.05 Å². The minimum absolute atomic E-state index is 0.0482. The number of hydrogen-bond donors (Lipinski definition) is 1. The molecular weight excluding hydrogens is 284 g/mol. The largest absolute Gasteiger partial charge is 0.377 e. The van der Waals surface area contributed by atoms with E-state index in [0.717, 1.165) is 13.0 Å². The highest BCUT2D eigenvalue weighted by atomic mass is 32.1. The Bertz CT molecular complexity index is 568. The highest BCUT2D eigenvalue weighted by molar-refractivity contribution is 7.10. The lowest BCUT2D eigenvalue weighted by Crippen LogP contribution is -2.80. The second-order valence-corrected chi connectivity index (χ2v) is 7.97. The molecule has 0 bridgehead atoms. The molecule has 1 aliphatic carbocycles. The zero-order valence-corrected chi connectivity index (χ0v) is 14.0. The fourth-order valence-corrected chi connectivity index (χ4v) is 4.95. The standard InChI is InChI=1S/C16H24N2O2S/c1-10-6-8-21-12(10)9-18(4)14(19)16(17)11-5-7-20-13(11)15(16,2)3/h6,8,11,13H,5,7,9,17H2,1-4H3. The van der Waals surface area contributed by atoms with Crippen LogP contribution in [0.2, 0.25) is 0 Å². The Morgan fingerprint density at radius 1 is 1.57 bits per heavy atom. The molecule has 116 valence electrons. The van der Waals surface area contributed by atoms with Crippen LogP contribution < -0.4 is 5.73 Å². The SMILES string of the molecule is Cc1ccsc1CN(C)C(=O)C1(N)C2CCOC2C1(C)C. The van der Waals surface area contributed by atoms with E-state index in [1.165, 1.54) is 10.4 Å². The van der Waals surface area contributed by atoms with E-state index < -0.39 is 5.54 Å². The summed E-state index contributed by atoms with van der Waals surface area (Å²) in [5.74, 6) is 0.207. The van der Waals surface area contributed by atoms with Gasteiger partial charge >= 0.3 is 0 Å². The molecule has 0 spiro atoms. The molecule has 1 aromatic heterocycles. The van der Waals surface area contributed by atoms with E-state index in [0.29, 0.717) is 6.54 Å². The van der Waals surface area contributed by atoms with Gasteiger partial charge in [0, 0.05) is 29.9 Å². The first-order chi connectivity index (χ1) is 9.80. The summed E-state index contributed by atoms with van der Waals surface area (Å²) in [6.45, 7) is 7.55. The van der Waals surface area contributed by atoms with Gasteiger partial charge in [0.2, 0.25) is 5.91 Å². The number of likely N-dealkylation sites (N-methyl/N-ethyl adjacent to an activating group) is 1. The summed E-state index contributed by atoms with van der Waals surface area (Å²) >= 11 is 1.69. The van der Waals surface area contributed by atoms with Gasteiger partial charge in [-0.15, -0.1) is 11.3 Å². The van der Waals surface area contributed by atoms with E-state index >= 15 is 0 Å². The van der Waals surface area contributed by atoms with Gasteiger partial charge < -0.3 is 15.4 Å². The Labute approximate surface area is 130 Å². The topological polar surface area (TPSA) is 55.6 Å². The normalized spacial score (nSPS) is 33.4. The molecule has 2 fully saturated rings. The van der Waals surface area contributed by atoms with Crippen molar-refractivity contribution in [3.8, 4) is 0 Å². The van der Waals surface area contributed by atoms with E-state index in [9.17, 15) is 4.79 Å². The van der Waals surface area contributed by atoms with Gasteiger partial charge in [0.25, 0.3) is 0 Å². The number of hydrogen-bond acceptors (Lipinski definition) is 4. The van der Waals surface area contributed by atoms with Crippen LogP contribution in [-0.2, 0) is 16.1 Å². The first kappa shape index (κ1) is 15.0. The molecule has 21 heavy (non-hydrogen) atoms. The summed E-state index contributed by atoms with van der Waals surface area (Å²) < 4.78 is 5.77. The number of rotatable bonds is 3. The Balaban J connectivity index is 1.79. The number of nitrogens with two attached hydrogens (primary N) is 1. The summed E-state index contributed by atoms with van der Waals surface area (Å²) in [4.78, 5) is 16.0. The van der Waals surface area contributed by atoms with Crippen molar-refractivity contribution in [1.82, 2.24) is 4.90 Å². The molecule has 3 atom stereocenters. The minimum atomic E-state index is -0.798. The van der Waals surface area contributed by atoms with Gasteiger partial charge in [-0.25, -0.2) is 0 Å². The monoisotopic (exact) mass is 308 g/mol. The van der Waals surface area contributed by atoms with Gasteiger partial charge in [0.1, 0.15) is 5.54 Å². The molecule has 0 aromatic carbocycles. The van der Waals surface area contributed by atoms with E-state index in [4.69, 9.17) is 10.5 Å². The Morgan fingerprint density at radius 3 is 2.90 bits per heavy atom. The van der Waals surface area contributed by atoms with E-state index in [2.05, 4.69) is 32.2 Å². The summed E-state index contributed by atoms with van der Waals surface area (Å²) in [5, 5.41) is 2.06. The number of nitrogens with zero attached hydrogens (tertiary/aromatic N) is 1. The van der Waals surface area contributed by atoms with Crippen LogP contribution in [0.1, 0.15) is 30.7 Å². The number of aryl methyl sites for hydroxylation is 1. The molecular formula is C16H24N2O2S. The van der Waals surface area contributed by atoms with Gasteiger partial charge in [-0.3, -0.25) is 4.79 Å². The van der Waals surface area contributed by atoms with Crippen molar-refractivity contribution < 1.29 is 9.53 Å². The minimum Gasteiger partial charge on any atom is -0.377 e. The fourth-order valence-electron chi connectivity index (χ4n) is 3.99. The van der Waals surface area contributed by atoms with Gasteiger partial charge in [-0.2, -0.15) is 0 Å². The van der Waals surface area contributed by atoms with Crippen LogP contribution in [0.3, 0.4) is 0 Å². The maximum atomic E-state index is 13.0. The lowest BCUT2D eigenvalue weighted by Gasteiger charge is -2.61. The third kappa shape index (κ3) is 1.91. The molecule has 4 nitrogen and oxygen atoms in total. The summed E-state index contributed by atoms with van der Waals surface area (Å²) in [5.41, 5.74) is 6.75. The number of thiophene rings is 1. The molecule has 1 amide bonds. The molecule has 5 heteroatoms. The molecule has 1 saturated carbocycles. The third-order valence-electron chi connectivity index (χ3n) is 5.50. The molecule has 0 radical (unpaired) electrons. The quantitative estimate of drug-likeness (QED) is 0.931. The first-order valence-corrected chi connectivity index (χ1v) is 8.37. The van der Waals surface area contributed by atoms with Crippen molar-refractivity contribution in [2.45, 2.75) is 45.4 Å². The van der Waals surface area contributed by atoms with Crippen molar-refractivity contribution >= 4 is 17.2 Å². The van der Waals surface area contributed by atoms with Crippen molar-refractivity contribution in [2.75, 3.05) is 13.7 Å². The van der Waals surface area contributed by atoms with Crippen LogP contribution in [0.5, 0.6) is 0 Å². The Hall–Kier alpha value is -0.910. The Kier molecular flexibility index (Phi) is 3.43. The van der Waals surface area contributed by atoms with Gasteiger partial charge in [0.15, 0.2) is 0 Å². The number of ether oxygens (including phenoxy) is 1. The Morgan fingerprint density at radius 2 is 2.29 bits per heavy atom. The maximum absolute atomic E-state index is 13.0. The zero-order chi connectivity index (χ0) is 15.4. The predicted molar refractivity (Wildman–Crippen MR) is 84.1 cm³/mol. The highest BCUT2D eigenvalue weighted by Crippen LogP contribution is 2.58. The van der Waals surface area contributed by atoms with Gasteiger partial charge in [0.05, 0.1) is 12.6 Å². The van der Waals surface area contributed by atoms with Crippen molar-refractivity contribution in [3.63, 3.8) is 0 Å². The number of amides is 1. The molecule has 3 rings (SSSR count). The second kappa shape index (κ2) is 4.80. The van der Waals surface area contributed by atoms with Crippen molar-refractivity contribution in [2.24, 2.45) is 17.1 Å². The summed E-state index contributed by atoms with van der Waals surface area (Å²) in [6.07, 6.45) is 1.02. The average Bonchev–Trinajstić information content (AvgIpc) is 3.06. The summed E-state index contributed by atoms with van der Waals surface area (Å²) in [6, 6.07) is 2.09. The smallest absolute Gasteiger partial charge is 0.243 e. The van der Waals surface area contributed by atoms with Crippen LogP contribution in [0.4, 0.5) is 0 Å². The van der Waals surface area contributed by atoms with Crippen LogP contribution in [0.15, 0.2) is 11.4 Å². The average molecular weight is 308 g/mol. The second-order valence-electron chi connectivity index (χ2n) is 6.97. The number of carbonyl (C=O) groups is 1. The number of carbonyl (C=O) groups excluding carboxylic acids is 1. The zero-order valence-electron chi connectivity index (χ0n) is 13.2. The lowest BCUT2D eigenvalue weighted by atomic mass is 9.47. The van der Waals surface area contributed by atoms with Crippen LogP contribution in [0, 0.1) is 18.3 Å². The molecule has 1 aliphatic heterocycles. The first-order valence-electron chi connectivity index (χ1n) is 7.49. The van der Waals surface area contributed by atoms with Crippen LogP contribution in [0.25, 0.3) is 0 Å². The lowest BCUT2D eigenvalue weighted by molar-refractivity contribution is -0.183. The molecule has 1 aromatic rings. The molecule has 2 aliphatic rings. The van der Waals surface area contributed by atoms with E-state index in [-0.39, 0.29) is 23.3 Å². The van der Waals surface area contributed by atoms with E-state index in [1.54, 1.807) is 16.2 Å². The molecule has 2 heterocycles. The van der Waals surface area contributed by atoms with Gasteiger partial charge in [-0.05, 0) is 30.4 Å².